The molecule has 1 aromatic carbocycles. The van der Waals surface area contributed by atoms with Gasteiger partial charge in [-0.1, -0.05) is 18.5 Å². The molecular weight excluding hydrogens is 254 g/mol. The first kappa shape index (κ1) is 14.8. The maximum Gasteiger partial charge on any atom is 0.0587 e. The van der Waals surface area contributed by atoms with Gasteiger partial charge in [0, 0.05) is 30.1 Å². The highest BCUT2D eigenvalue weighted by Crippen LogP contribution is 2.26. The average molecular weight is 274 g/mol. The van der Waals surface area contributed by atoms with Crippen LogP contribution in [0.4, 0.5) is 0 Å². The van der Waals surface area contributed by atoms with Crippen molar-refractivity contribution in [2.24, 2.45) is 0 Å². The number of methoxy groups -OCH3 is 1. The van der Waals surface area contributed by atoms with Crippen LogP contribution in [0.2, 0.25) is 5.02 Å². The van der Waals surface area contributed by atoms with Gasteiger partial charge in [0.2, 0.25) is 0 Å². The summed E-state index contributed by atoms with van der Waals surface area (Å²) in [4.78, 5) is 1.32. The van der Waals surface area contributed by atoms with Gasteiger partial charge in [-0.25, -0.2) is 0 Å². The van der Waals surface area contributed by atoms with Crippen LogP contribution in [0.3, 0.4) is 0 Å². The number of ether oxygens (including phenoxy) is 1. The monoisotopic (exact) mass is 273 g/mol. The second-order valence-electron chi connectivity index (χ2n) is 3.77. The Morgan fingerprint density at radius 2 is 2.24 bits per heavy atom. The smallest absolute Gasteiger partial charge is 0.0587 e. The van der Waals surface area contributed by atoms with Gasteiger partial charge in [0.15, 0.2) is 0 Å². The summed E-state index contributed by atoms with van der Waals surface area (Å²) in [6.07, 6.45) is 1.18. The minimum absolute atomic E-state index is 0.734. The number of thioether (sulfide) groups is 1. The largest absolute Gasteiger partial charge is 0.383 e. The van der Waals surface area contributed by atoms with Gasteiger partial charge in [0.05, 0.1) is 6.61 Å². The van der Waals surface area contributed by atoms with Crippen molar-refractivity contribution in [3.05, 3.63) is 28.8 Å². The molecule has 0 amide bonds. The number of hydrogen-bond acceptors (Lipinski definition) is 3. The lowest BCUT2D eigenvalue weighted by atomic mass is 10.2. The molecule has 1 N–H and O–H groups in total. The molecule has 0 atom stereocenters. The number of nitrogens with one attached hydrogen (secondary N) is 1. The van der Waals surface area contributed by atoms with Gasteiger partial charge in [-0.2, -0.15) is 0 Å². The van der Waals surface area contributed by atoms with E-state index in [0.717, 1.165) is 30.5 Å². The average Bonchev–Trinajstić information content (AvgIpc) is 2.33. The Labute approximate surface area is 113 Å². The SMILES string of the molecule is CCCSc1ccc(Cl)cc1CNCCOC. The first-order valence-electron chi connectivity index (χ1n) is 5.88. The van der Waals surface area contributed by atoms with Crippen LogP contribution in [0, 0.1) is 0 Å². The van der Waals surface area contributed by atoms with Crippen molar-refractivity contribution in [2.45, 2.75) is 24.8 Å². The van der Waals surface area contributed by atoms with Crippen molar-refractivity contribution in [3.63, 3.8) is 0 Å². The minimum Gasteiger partial charge on any atom is -0.383 e. The first-order chi connectivity index (χ1) is 8.27. The van der Waals surface area contributed by atoms with Crippen LogP contribution in [-0.4, -0.2) is 26.0 Å². The van der Waals surface area contributed by atoms with E-state index in [1.165, 1.54) is 16.9 Å². The standard InChI is InChI=1S/C13H20ClNOS/c1-3-8-17-13-5-4-12(14)9-11(13)10-15-6-7-16-2/h4-5,9,15H,3,6-8,10H2,1-2H3. The zero-order chi connectivity index (χ0) is 12.5. The predicted molar refractivity (Wildman–Crippen MR) is 76.0 cm³/mol. The van der Waals surface area contributed by atoms with Gasteiger partial charge in [0.25, 0.3) is 0 Å². The maximum atomic E-state index is 6.03. The number of halogens is 1. The van der Waals surface area contributed by atoms with Crippen molar-refractivity contribution in [1.29, 1.82) is 0 Å². The Morgan fingerprint density at radius 1 is 1.41 bits per heavy atom. The molecule has 0 aliphatic carbocycles. The Balaban J connectivity index is 2.56. The molecule has 0 spiro atoms. The lowest BCUT2D eigenvalue weighted by molar-refractivity contribution is 0.199. The molecule has 96 valence electrons. The fraction of sp³-hybridized carbons (Fsp3) is 0.538. The highest BCUT2D eigenvalue weighted by atomic mass is 35.5. The van der Waals surface area contributed by atoms with Crippen molar-refractivity contribution < 1.29 is 4.74 Å². The zero-order valence-electron chi connectivity index (χ0n) is 10.5. The molecule has 0 saturated heterocycles. The molecule has 0 heterocycles. The quantitative estimate of drug-likeness (QED) is 0.578. The van der Waals surface area contributed by atoms with Crippen molar-refractivity contribution >= 4 is 23.4 Å². The maximum absolute atomic E-state index is 6.03. The minimum atomic E-state index is 0.734. The first-order valence-corrected chi connectivity index (χ1v) is 7.25. The van der Waals surface area contributed by atoms with E-state index in [4.69, 9.17) is 16.3 Å². The van der Waals surface area contributed by atoms with Gasteiger partial charge >= 0.3 is 0 Å². The third-order valence-corrected chi connectivity index (χ3v) is 3.84. The van der Waals surface area contributed by atoms with Crippen LogP contribution < -0.4 is 5.32 Å². The molecule has 0 aromatic heterocycles. The summed E-state index contributed by atoms with van der Waals surface area (Å²) in [7, 11) is 1.71. The lowest BCUT2D eigenvalue weighted by Crippen LogP contribution is -2.18. The summed E-state index contributed by atoms with van der Waals surface area (Å²) >= 11 is 7.92. The lowest BCUT2D eigenvalue weighted by Gasteiger charge is -2.10. The van der Waals surface area contributed by atoms with E-state index < -0.39 is 0 Å². The summed E-state index contributed by atoms with van der Waals surface area (Å²) < 4.78 is 5.00. The molecule has 2 nitrogen and oxygen atoms in total. The van der Waals surface area contributed by atoms with Crippen LogP contribution in [0.1, 0.15) is 18.9 Å². The molecule has 0 aliphatic heterocycles. The summed E-state index contributed by atoms with van der Waals surface area (Å²) in [5, 5.41) is 4.15. The molecule has 1 aromatic rings. The molecule has 0 fully saturated rings. The number of benzene rings is 1. The van der Waals surface area contributed by atoms with E-state index in [1.807, 2.05) is 23.9 Å². The second kappa shape index (κ2) is 8.81. The molecule has 0 radical (unpaired) electrons. The summed E-state index contributed by atoms with van der Waals surface area (Å²) in [6, 6.07) is 6.10. The van der Waals surface area contributed by atoms with Crippen LogP contribution in [0.5, 0.6) is 0 Å². The molecule has 0 unspecified atom stereocenters. The van der Waals surface area contributed by atoms with Crippen molar-refractivity contribution in [1.82, 2.24) is 5.32 Å². The third-order valence-electron chi connectivity index (χ3n) is 2.28. The van der Waals surface area contributed by atoms with Crippen LogP contribution in [0.15, 0.2) is 23.1 Å². The van der Waals surface area contributed by atoms with Gasteiger partial charge in [-0.3, -0.25) is 0 Å². The van der Waals surface area contributed by atoms with Crippen LogP contribution in [0.25, 0.3) is 0 Å². The molecule has 1 rings (SSSR count). The van der Waals surface area contributed by atoms with E-state index in [0.29, 0.717) is 0 Å². The topological polar surface area (TPSA) is 21.3 Å². The van der Waals surface area contributed by atoms with E-state index in [9.17, 15) is 0 Å². The summed E-state index contributed by atoms with van der Waals surface area (Å²) in [5.74, 6) is 1.15. The van der Waals surface area contributed by atoms with E-state index >= 15 is 0 Å². The van der Waals surface area contributed by atoms with Gasteiger partial charge in [0.1, 0.15) is 0 Å². The van der Waals surface area contributed by atoms with Crippen LogP contribution >= 0.6 is 23.4 Å². The predicted octanol–water partition coefficient (Wildman–Crippen LogP) is 3.58. The molecule has 0 bridgehead atoms. The Kier molecular flexibility index (Phi) is 7.69. The summed E-state index contributed by atoms with van der Waals surface area (Å²) in [6.45, 7) is 4.63. The van der Waals surface area contributed by atoms with Crippen molar-refractivity contribution in [3.8, 4) is 0 Å². The molecule has 4 heteroatoms. The van der Waals surface area contributed by atoms with Crippen molar-refractivity contribution in [2.75, 3.05) is 26.0 Å². The Bertz CT molecular complexity index is 333. The molecule has 0 saturated carbocycles. The van der Waals surface area contributed by atoms with Crippen LogP contribution in [-0.2, 0) is 11.3 Å². The zero-order valence-corrected chi connectivity index (χ0v) is 12.0. The van der Waals surface area contributed by atoms with Gasteiger partial charge in [-0.15, -0.1) is 11.8 Å². The summed E-state index contributed by atoms with van der Waals surface area (Å²) in [5.41, 5.74) is 1.27. The fourth-order valence-corrected chi connectivity index (χ4v) is 2.54. The second-order valence-corrected chi connectivity index (χ2v) is 5.34. The normalized spacial score (nSPS) is 10.8. The van der Waals surface area contributed by atoms with E-state index in [2.05, 4.69) is 18.3 Å². The number of rotatable bonds is 8. The molecule has 17 heavy (non-hydrogen) atoms. The van der Waals surface area contributed by atoms with E-state index in [1.54, 1.807) is 7.11 Å². The van der Waals surface area contributed by atoms with E-state index in [-0.39, 0.29) is 0 Å². The Hall–Kier alpha value is -0.220. The Morgan fingerprint density at radius 3 is 2.94 bits per heavy atom. The molecular formula is C13H20ClNOS. The highest BCUT2D eigenvalue weighted by molar-refractivity contribution is 7.99. The van der Waals surface area contributed by atoms with Gasteiger partial charge in [-0.05, 0) is 35.9 Å². The fourth-order valence-electron chi connectivity index (χ4n) is 1.44. The highest BCUT2D eigenvalue weighted by Gasteiger charge is 2.03. The van der Waals surface area contributed by atoms with Gasteiger partial charge < -0.3 is 10.1 Å². The third kappa shape index (κ3) is 5.77. The number of hydrogen-bond donors (Lipinski definition) is 1. The molecule has 0 aliphatic rings.